The minimum atomic E-state index is -0.739. The van der Waals surface area contributed by atoms with Crippen molar-refractivity contribution in [2.75, 3.05) is 6.54 Å². The molecule has 0 fully saturated rings. The second kappa shape index (κ2) is 7.78. The summed E-state index contributed by atoms with van der Waals surface area (Å²) in [5.41, 5.74) is 10.9. The van der Waals surface area contributed by atoms with Crippen LogP contribution in [0, 0.1) is 5.41 Å². The largest absolute Gasteiger partial charge is 0.370 e. The molecule has 0 saturated carbocycles. The van der Waals surface area contributed by atoms with Crippen molar-refractivity contribution in [3.63, 3.8) is 0 Å². The Labute approximate surface area is 117 Å². The van der Waals surface area contributed by atoms with Gasteiger partial charge >= 0.3 is 0 Å². The molecule has 7 N–H and O–H groups in total. The van der Waals surface area contributed by atoms with E-state index in [0.29, 0.717) is 24.9 Å². The Morgan fingerprint density at radius 3 is 2.40 bits per heavy atom. The van der Waals surface area contributed by atoms with Crippen LogP contribution in [0.2, 0.25) is 0 Å². The van der Waals surface area contributed by atoms with Crippen LogP contribution >= 0.6 is 0 Å². The number of hydrogen-bond acceptors (Lipinski definition) is 3. The van der Waals surface area contributed by atoms with E-state index in [4.69, 9.17) is 16.9 Å². The fourth-order valence-corrected chi connectivity index (χ4v) is 1.65. The standard InChI is InChI=1S/C13H19N5O2/c14-11(19)10(7-4-8-17-13(15)16)18-12(20)9-5-2-1-3-6-9/h1-3,5-6,10H,4,7-8H2,(H2,14,19)(H,18,20)(H4,15,16,17)/t10-/m0/s1. The lowest BCUT2D eigenvalue weighted by molar-refractivity contribution is -0.120. The molecule has 0 spiro atoms. The van der Waals surface area contributed by atoms with Gasteiger partial charge in [0.25, 0.3) is 5.91 Å². The predicted molar refractivity (Wildman–Crippen MR) is 76.0 cm³/mol. The molecule has 0 aromatic heterocycles. The number of guanidine groups is 1. The first-order chi connectivity index (χ1) is 9.50. The average Bonchev–Trinajstić information content (AvgIpc) is 2.42. The minimum absolute atomic E-state index is 0.131. The van der Waals surface area contributed by atoms with Crippen LogP contribution in [0.15, 0.2) is 30.3 Å². The lowest BCUT2D eigenvalue weighted by atomic mass is 10.1. The van der Waals surface area contributed by atoms with Gasteiger partial charge in [-0.3, -0.25) is 15.0 Å². The third kappa shape index (κ3) is 5.38. The first-order valence-electron chi connectivity index (χ1n) is 6.24. The highest BCUT2D eigenvalue weighted by atomic mass is 16.2. The van der Waals surface area contributed by atoms with Crippen LogP contribution in [0.5, 0.6) is 0 Å². The van der Waals surface area contributed by atoms with Crippen molar-refractivity contribution < 1.29 is 9.59 Å². The normalized spacial score (nSPS) is 11.4. The number of nitrogens with one attached hydrogen (secondary N) is 3. The van der Waals surface area contributed by atoms with Gasteiger partial charge in [0.1, 0.15) is 6.04 Å². The van der Waals surface area contributed by atoms with Crippen LogP contribution < -0.4 is 22.1 Å². The predicted octanol–water partition coefficient (Wildman–Crippen LogP) is -0.466. The second-order valence-electron chi connectivity index (χ2n) is 4.28. The monoisotopic (exact) mass is 277 g/mol. The maximum atomic E-state index is 11.9. The smallest absolute Gasteiger partial charge is 0.251 e. The van der Waals surface area contributed by atoms with E-state index in [1.165, 1.54) is 0 Å². The van der Waals surface area contributed by atoms with Crippen LogP contribution in [0.25, 0.3) is 0 Å². The number of carbonyl (C=O) groups excluding carboxylic acids is 2. The molecule has 1 aromatic rings. The van der Waals surface area contributed by atoms with Crippen LogP contribution in [-0.4, -0.2) is 30.4 Å². The maximum Gasteiger partial charge on any atom is 0.251 e. The zero-order chi connectivity index (χ0) is 15.0. The number of benzene rings is 1. The fraction of sp³-hybridized carbons (Fsp3) is 0.308. The first kappa shape index (κ1) is 15.5. The minimum Gasteiger partial charge on any atom is -0.370 e. The molecule has 1 aromatic carbocycles. The molecule has 0 aliphatic rings. The molecule has 0 unspecified atom stereocenters. The Bertz CT molecular complexity index is 475. The Hall–Kier alpha value is -2.57. The van der Waals surface area contributed by atoms with Gasteiger partial charge < -0.3 is 22.1 Å². The topological polar surface area (TPSA) is 134 Å². The quantitative estimate of drug-likeness (QED) is 0.262. The molecular weight excluding hydrogens is 258 g/mol. The summed E-state index contributed by atoms with van der Waals surface area (Å²) in [5.74, 6) is -1.06. The fourth-order valence-electron chi connectivity index (χ4n) is 1.65. The number of hydrogen-bond donors (Lipinski definition) is 5. The third-order valence-corrected chi connectivity index (χ3v) is 2.67. The number of nitrogens with two attached hydrogens (primary N) is 2. The van der Waals surface area contributed by atoms with E-state index in [9.17, 15) is 9.59 Å². The lowest BCUT2D eigenvalue weighted by Gasteiger charge is -2.15. The van der Waals surface area contributed by atoms with E-state index in [1.54, 1.807) is 30.3 Å². The van der Waals surface area contributed by atoms with Crippen LogP contribution in [0.3, 0.4) is 0 Å². The molecule has 7 heteroatoms. The van der Waals surface area contributed by atoms with E-state index in [2.05, 4.69) is 10.6 Å². The third-order valence-electron chi connectivity index (χ3n) is 2.67. The SMILES string of the molecule is N=C(N)NCCC[C@H](NC(=O)c1ccccc1)C(N)=O. The molecule has 0 bridgehead atoms. The maximum absolute atomic E-state index is 11.9. The molecule has 0 aliphatic heterocycles. The van der Waals surface area contributed by atoms with Gasteiger partial charge in [-0.25, -0.2) is 0 Å². The highest BCUT2D eigenvalue weighted by Gasteiger charge is 2.18. The summed E-state index contributed by atoms with van der Waals surface area (Å²) >= 11 is 0. The van der Waals surface area contributed by atoms with Gasteiger partial charge in [-0.15, -0.1) is 0 Å². The lowest BCUT2D eigenvalue weighted by Crippen LogP contribution is -2.45. The highest BCUT2D eigenvalue weighted by Crippen LogP contribution is 2.02. The second-order valence-corrected chi connectivity index (χ2v) is 4.28. The van der Waals surface area contributed by atoms with Gasteiger partial charge in [0, 0.05) is 12.1 Å². The Balaban J connectivity index is 2.49. The van der Waals surface area contributed by atoms with Crippen LogP contribution in [0.1, 0.15) is 23.2 Å². The number of amides is 2. The summed E-state index contributed by atoms with van der Waals surface area (Å²) in [5, 5.41) is 12.2. The van der Waals surface area contributed by atoms with Crippen LogP contribution in [0.4, 0.5) is 0 Å². The summed E-state index contributed by atoms with van der Waals surface area (Å²) in [4.78, 5) is 23.2. The van der Waals surface area contributed by atoms with Crippen molar-refractivity contribution in [1.29, 1.82) is 5.41 Å². The summed E-state index contributed by atoms with van der Waals surface area (Å²) in [7, 11) is 0. The van der Waals surface area contributed by atoms with Gasteiger partial charge in [0.2, 0.25) is 5.91 Å². The van der Waals surface area contributed by atoms with E-state index < -0.39 is 11.9 Å². The molecule has 0 heterocycles. The molecule has 0 radical (unpaired) electrons. The molecular formula is C13H19N5O2. The van der Waals surface area contributed by atoms with E-state index in [1.807, 2.05) is 0 Å². The number of rotatable bonds is 7. The molecule has 0 saturated heterocycles. The Morgan fingerprint density at radius 1 is 1.20 bits per heavy atom. The van der Waals surface area contributed by atoms with Gasteiger partial charge in [-0.1, -0.05) is 18.2 Å². The van der Waals surface area contributed by atoms with E-state index in [-0.39, 0.29) is 11.9 Å². The van der Waals surface area contributed by atoms with Crippen molar-refractivity contribution in [2.45, 2.75) is 18.9 Å². The zero-order valence-electron chi connectivity index (χ0n) is 11.1. The Morgan fingerprint density at radius 2 is 1.85 bits per heavy atom. The first-order valence-corrected chi connectivity index (χ1v) is 6.24. The molecule has 20 heavy (non-hydrogen) atoms. The van der Waals surface area contributed by atoms with Crippen molar-refractivity contribution in [3.05, 3.63) is 35.9 Å². The summed E-state index contributed by atoms with van der Waals surface area (Å²) in [6.45, 7) is 0.445. The van der Waals surface area contributed by atoms with Crippen molar-refractivity contribution >= 4 is 17.8 Å². The highest BCUT2D eigenvalue weighted by molar-refractivity contribution is 5.97. The van der Waals surface area contributed by atoms with Gasteiger partial charge in [-0.2, -0.15) is 0 Å². The zero-order valence-corrected chi connectivity index (χ0v) is 11.1. The molecule has 2 amide bonds. The summed E-state index contributed by atoms with van der Waals surface area (Å²) in [6, 6.07) is 7.86. The van der Waals surface area contributed by atoms with Gasteiger partial charge in [-0.05, 0) is 25.0 Å². The molecule has 7 nitrogen and oxygen atoms in total. The molecule has 0 aliphatic carbocycles. The molecule has 108 valence electrons. The van der Waals surface area contributed by atoms with Crippen molar-refractivity contribution in [2.24, 2.45) is 11.5 Å². The van der Waals surface area contributed by atoms with Crippen LogP contribution in [-0.2, 0) is 4.79 Å². The van der Waals surface area contributed by atoms with E-state index >= 15 is 0 Å². The van der Waals surface area contributed by atoms with Gasteiger partial charge in [0.15, 0.2) is 5.96 Å². The summed E-state index contributed by atoms with van der Waals surface area (Å²) < 4.78 is 0. The molecule has 1 rings (SSSR count). The number of primary amides is 1. The number of carbonyl (C=O) groups is 2. The van der Waals surface area contributed by atoms with Gasteiger partial charge in [0.05, 0.1) is 0 Å². The van der Waals surface area contributed by atoms with Crippen molar-refractivity contribution in [1.82, 2.24) is 10.6 Å². The summed E-state index contributed by atoms with van der Waals surface area (Å²) in [6.07, 6.45) is 0.941. The average molecular weight is 277 g/mol. The van der Waals surface area contributed by atoms with Crippen molar-refractivity contribution in [3.8, 4) is 0 Å². The Kier molecular flexibility index (Phi) is 6.02. The molecule has 1 atom stereocenters. The van der Waals surface area contributed by atoms with E-state index in [0.717, 1.165) is 0 Å².